The Kier molecular flexibility index (Phi) is 6.95. The summed E-state index contributed by atoms with van der Waals surface area (Å²) >= 11 is 0. The van der Waals surface area contributed by atoms with Crippen LogP contribution in [0.4, 0.5) is 0 Å². The maximum absolute atomic E-state index is 13.7. The first kappa shape index (κ1) is 28.6. The Morgan fingerprint density at radius 1 is 1.02 bits per heavy atom. The molecule has 1 unspecified atom stereocenters. The molecule has 2 heterocycles. The third-order valence-electron chi connectivity index (χ3n) is 11.6. The van der Waals surface area contributed by atoms with Gasteiger partial charge in [0.15, 0.2) is 6.29 Å². The lowest BCUT2D eigenvalue weighted by Crippen LogP contribution is -2.63. The number of carbonyl (C=O) groups excluding carboxylic acids is 2. The first-order valence-electron chi connectivity index (χ1n) is 14.5. The topological polar surface area (TPSA) is 108 Å². The number of ether oxygens (including phenoxy) is 8. The molecule has 6 rings (SSSR count). The molecule has 0 radical (unpaired) electrons. The predicted molar refractivity (Wildman–Crippen MR) is 140 cm³/mol. The molecule has 12 atom stereocenters. The third kappa shape index (κ3) is 3.49. The van der Waals surface area contributed by atoms with Crippen molar-refractivity contribution in [2.75, 3.05) is 42.2 Å². The Bertz CT molecular complexity index is 1060. The molecule has 2 saturated heterocycles. The van der Waals surface area contributed by atoms with Crippen LogP contribution in [0.1, 0.15) is 51.9 Å². The van der Waals surface area contributed by atoms with Crippen LogP contribution in [0.2, 0.25) is 0 Å². The van der Waals surface area contributed by atoms with Gasteiger partial charge < -0.3 is 37.9 Å². The largest absolute Gasteiger partial charge is 0.469 e. The molecule has 4 bridgehead atoms. The van der Waals surface area contributed by atoms with Gasteiger partial charge in [-0.05, 0) is 62.9 Å². The van der Waals surface area contributed by atoms with E-state index in [2.05, 4.69) is 6.58 Å². The summed E-state index contributed by atoms with van der Waals surface area (Å²) in [6.07, 6.45) is 2.45. The fraction of sp³-hybridized carbons (Fsp3) is 0.867. The van der Waals surface area contributed by atoms with Crippen molar-refractivity contribution >= 4 is 11.9 Å². The van der Waals surface area contributed by atoms with Crippen molar-refractivity contribution in [2.45, 2.75) is 93.8 Å². The van der Waals surface area contributed by atoms with E-state index >= 15 is 0 Å². The molecule has 0 N–H and O–H groups in total. The highest BCUT2D eigenvalue weighted by molar-refractivity contribution is 5.85. The van der Waals surface area contributed by atoms with Gasteiger partial charge in [-0.3, -0.25) is 9.59 Å². The summed E-state index contributed by atoms with van der Waals surface area (Å²) in [4.78, 5) is 27.0. The average molecular weight is 565 g/mol. The van der Waals surface area contributed by atoms with Crippen LogP contribution in [0.25, 0.3) is 0 Å². The average Bonchev–Trinajstić information content (AvgIpc) is 3.35. The molecule has 0 amide bonds. The van der Waals surface area contributed by atoms with Gasteiger partial charge >= 0.3 is 11.9 Å². The summed E-state index contributed by atoms with van der Waals surface area (Å²) in [7, 11) is 7.91. The van der Waals surface area contributed by atoms with E-state index in [0.29, 0.717) is 25.9 Å². The highest BCUT2D eigenvalue weighted by atomic mass is 16.7. The van der Waals surface area contributed by atoms with E-state index in [4.69, 9.17) is 37.9 Å². The number of fused-ring (bicyclic) bond motifs is 1. The molecule has 224 valence electrons. The summed E-state index contributed by atoms with van der Waals surface area (Å²) in [5.41, 5.74) is -1.60. The van der Waals surface area contributed by atoms with Crippen LogP contribution in [-0.4, -0.2) is 96.0 Å². The van der Waals surface area contributed by atoms with Crippen LogP contribution in [0.5, 0.6) is 0 Å². The van der Waals surface area contributed by atoms with Crippen LogP contribution in [0, 0.1) is 28.6 Å². The van der Waals surface area contributed by atoms with Gasteiger partial charge in [-0.1, -0.05) is 6.58 Å². The summed E-state index contributed by atoms with van der Waals surface area (Å²) in [6, 6.07) is 0. The molecular formula is C30H44O10. The molecule has 0 aromatic rings. The fourth-order valence-electron chi connectivity index (χ4n) is 10.3. The Morgan fingerprint density at radius 3 is 2.40 bits per heavy atom. The number of rotatable bonds is 8. The zero-order valence-corrected chi connectivity index (χ0v) is 24.6. The van der Waals surface area contributed by atoms with Gasteiger partial charge in [-0.25, -0.2) is 0 Å². The molecular weight excluding hydrogens is 520 g/mol. The van der Waals surface area contributed by atoms with Crippen LogP contribution in [-0.2, 0) is 47.5 Å². The van der Waals surface area contributed by atoms with Crippen molar-refractivity contribution in [3.8, 4) is 0 Å². The van der Waals surface area contributed by atoms with E-state index in [-0.39, 0.29) is 23.8 Å². The van der Waals surface area contributed by atoms with E-state index < -0.39 is 58.7 Å². The minimum Gasteiger partial charge on any atom is -0.469 e. The molecule has 2 aliphatic heterocycles. The van der Waals surface area contributed by atoms with Gasteiger partial charge in [0.05, 0.1) is 30.7 Å². The van der Waals surface area contributed by atoms with Crippen LogP contribution < -0.4 is 0 Å². The fourth-order valence-corrected chi connectivity index (χ4v) is 10.3. The monoisotopic (exact) mass is 564 g/mol. The van der Waals surface area contributed by atoms with Crippen molar-refractivity contribution in [2.24, 2.45) is 28.6 Å². The van der Waals surface area contributed by atoms with Gasteiger partial charge in [0.2, 0.25) is 0 Å². The predicted octanol–water partition coefficient (Wildman–Crippen LogP) is 2.81. The molecule has 4 saturated carbocycles. The van der Waals surface area contributed by atoms with Crippen LogP contribution in [0.15, 0.2) is 12.2 Å². The molecule has 0 aromatic carbocycles. The SMILES string of the molecule is C=C1C[C@]23C[C@@]1(O[C@@H]1O[C@H](COC)[C@@H](OC)[C@H](OC)[C@H]1OC)CC[C@H]2[C@@]12CCCC(C)(C(=O)O1)[C@H]2[C@@H]3C(=O)OC. The number of esters is 2. The Hall–Kier alpha value is -1.56. The second-order valence-corrected chi connectivity index (χ2v) is 13.1. The minimum atomic E-state index is -0.768. The van der Waals surface area contributed by atoms with E-state index in [9.17, 15) is 9.59 Å². The Morgan fingerprint density at radius 2 is 1.75 bits per heavy atom. The lowest BCUT2D eigenvalue weighted by molar-refractivity contribution is -0.335. The number of methoxy groups -OCH3 is 5. The molecule has 0 aromatic heterocycles. The summed E-state index contributed by atoms with van der Waals surface area (Å²) in [5.74, 6) is -1.08. The van der Waals surface area contributed by atoms with Gasteiger partial charge in [-0.2, -0.15) is 0 Å². The molecule has 6 aliphatic rings. The standard InChI is InChI=1S/C30H44O10/c1-16-13-28-15-29(16,39-25-22(36-6)21(35-5)20(34-4)17(38-25)14-33-3)12-9-18(28)30-11-8-10-27(2,26(32)40-30)23(30)19(28)24(31)37-7/h17-23,25H,1,8-15H2,2-7H3/t17-,18-,19-,20-,21+,22-,23-,25+,27?,28+,29+,30-/m1/s1. The smallest absolute Gasteiger partial charge is 0.312 e. The second-order valence-electron chi connectivity index (χ2n) is 13.1. The van der Waals surface area contributed by atoms with Crippen LogP contribution >= 0.6 is 0 Å². The van der Waals surface area contributed by atoms with E-state index in [1.54, 1.807) is 28.4 Å². The summed E-state index contributed by atoms with van der Waals surface area (Å²) in [6.45, 7) is 6.82. The Balaban J connectivity index is 1.37. The second kappa shape index (κ2) is 9.74. The maximum Gasteiger partial charge on any atom is 0.312 e. The Labute approximate surface area is 236 Å². The zero-order chi connectivity index (χ0) is 28.7. The van der Waals surface area contributed by atoms with E-state index in [1.165, 1.54) is 7.11 Å². The third-order valence-corrected chi connectivity index (χ3v) is 11.6. The molecule has 40 heavy (non-hydrogen) atoms. The highest BCUT2D eigenvalue weighted by Gasteiger charge is 2.83. The lowest BCUT2D eigenvalue weighted by Gasteiger charge is -2.50. The summed E-state index contributed by atoms with van der Waals surface area (Å²) < 4.78 is 48.2. The normalized spacial score (nSPS) is 50.9. The highest BCUT2D eigenvalue weighted by Crippen LogP contribution is 2.79. The number of hydrogen-bond donors (Lipinski definition) is 0. The molecule has 1 spiro atoms. The first-order valence-corrected chi connectivity index (χ1v) is 14.5. The van der Waals surface area contributed by atoms with Crippen molar-refractivity contribution in [3.05, 3.63) is 12.2 Å². The molecule has 6 fully saturated rings. The van der Waals surface area contributed by atoms with Crippen molar-refractivity contribution in [1.82, 2.24) is 0 Å². The minimum absolute atomic E-state index is 0.0347. The van der Waals surface area contributed by atoms with Crippen molar-refractivity contribution in [3.63, 3.8) is 0 Å². The van der Waals surface area contributed by atoms with Gasteiger partial charge in [0, 0.05) is 40.3 Å². The quantitative estimate of drug-likeness (QED) is 0.323. The zero-order valence-electron chi connectivity index (χ0n) is 24.6. The maximum atomic E-state index is 13.7. The lowest BCUT2D eigenvalue weighted by atomic mass is 9.60. The number of hydrogen-bond acceptors (Lipinski definition) is 10. The van der Waals surface area contributed by atoms with Gasteiger partial charge in [0.25, 0.3) is 0 Å². The van der Waals surface area contributed by atoms with E-state index in [0.717, 1.165) is 31.3 Å². The van der Waals surface area contributed by atoms with Crippen LogP contribution in [0.3, 0.4) is 0 Å². The molecule has 10 nitrogen and oxygen atoms in total. The first-order chi connectivity index (χ1) is 19.1. The molecule has 4 aliphatic carbocycles. The number of carbonyl (C=O) groups is 2. The van der Waals surface area contributed by atoms with Crippen molar-refractivity contribution in [1.29, 1.82) is 0 Å². The van der Waals surface area contributed by atoms with Gasteiger partial charge in [0.1, 0.15) is 30.0 Å². The molecule has 10 heteroatoms. The van der Waals surface area contributed by atoms with E-state index in [1.807, 2.05) is 6.92 Å². The summed E-state index contributed by atoms with van der Waals surface area (Å²) in [5, 5.41) is 0. The van der Waals surface area contributed by atoms with Gasteiger partial charge in [-0.15, -0.1) is 0 Å². The van der Waals surface area contributed by atoms with Crippen molar-refractivity contribution < 1.29 is 47.5 Å².